The van der Waals surface area contributed by atoms with Crippen molar-refractivity contribution in [2.24, 2.45) is 0 Å². The molecule has 0 aliphatic carbocycles. The lowest BCUT2D eigenvalue weighted by atomic mass is 9.91. The molecule has 1 unspecified atom stereocenters. The zero-order valence-corrected chi connectivity index (χ0v) is 18.4. The summed E-state index contributed by atoms with van der Waals surface area (Å²) in [7, 11) is 0. The molecule has 2 aliphatic heterocycles. The molecule has 0 bridgehead atoms. The minimum Gasteiger partial charge on any atom is -0.486 e. The van der Waals surface area contributed by atoms with Gasteiger partial charge < -0.3 is 20.1 Å². The summed E-state index contributed by atoms with van der Waals surface area (Å²) in [5.74, 6) is -0.164. The van der Waals surface area contributed by atoms with Crippen LogP contribution in [0.25, 0.3) is 0 Å². The minimum atomic E-state index is -1.37. The van der Waals surface area contributed by atoms with Crippen molar-refractivity contribution in [1.29, 1.82) is 0 Å². The number of urea groups is 1. The zero-order valence-electron chi connectivity index (χ0n) is 16.1. The summed E-state index contributed by atoms with van der Waals surface area (Å²) < 4.78 is 11.0. The third-order valence-corrected chi connectivity index (χ3v) is 6.02. The highest BCUT2D eigenvalue weighted by atomic mass is 35.5. The molecule has 2 N–H and O–H groups in total. The van der Waals surface area contributed by atoms with E-state index in [1.54, 1.807) is 25.1 Å². The van der Waals surface area contributed by atoms with Gasteiger partial charge in [-0.15, -0.1) is 0 Å². The Morgan fingerprint density at radius 3 is 2.48 bits per heavy atom. The maximum Gasteiger partial charge on any atom is 0.325 e. The Balaban J connectivity index is 1.52. The number of fused-ring (bicyclic) bond motifs is 1. The van der Waals surface area contributed by atoms with Crippen molar-refractivity contribution in [3.8, 4) is 11.5 Å². The molecule has 1 atom stereocenters. The fourth-order valence-electron chi connectivity index (χ4n) is 3.34. The molecule has 0 spiro atoms. The molecule has 2 aromatic carbocycles. The third kappa shape index (κ3) is 3.98. The molecule has 0 saturated carbocycles. The van der Waals surface area contributed by atoms with Gasteiger partial charge in [-0.2, -0.15) is 0 Å². The molecule has 11 heteroatoms. The molecule has 0 aromatic heterocycles. The molecular weight excluding hydrogens is 469 g/mol. The SMILES string of the molecule is CC1(c2ccc3c(c2)OCCO3)NC(=O)N(CC(=O)Nc2cc(Cl)c(Cl)cc2Cl)C1=O. The molecule has 1 fully saturated rings. The first-order chi connectivity index (χ1) is 14.7. The molecule has 31 heavy (non-hydrogen) atoms. The topological polar surface area (TPSA) is 97.0 Å². The molecular formula is C20H16Cl3N3O5. The number of anilines is 1. The average molecular weight is 485 g/mol. The van der Waals surface area contributed by atoms with Crippen LogP contribution in [0.1, 0.15) is 12.5 Å². The van der Waals surface area contributed by atoms with E-state index in [1.807, 2.05) is 0 Å². The Bertz CT molecular complexity index is 1110. The summed E-state index contributed by atoms with van der Waals surface area (Å²) in [6.45, 7) is 1.87. The van der Waals surface area contributed by atoms with E-state index >= 15 is 0 Å². The first-order valence-electron chi connectivity index (χ1n) is 9.17. The van der Waals surface area contributed by atoms with Crippen LogP contribution in [0, 0.1) is 0 Å². The number of hydrogen-bond acceptors (Lipinski definition) is 5. The van der Waals surface area contributed by atoms with Gasteiger partial charge >= 0.3 is 6.03 Å². The van der Waals surface area contributed by atoms with Crippen LogP contribution in [0.15, 0.2) is 30.3 Å². The predicted octanol–water partition coefficient (Wildman–Crippen LogP) is 3.82. The molecule has 0 radical (unpaired) electrons. The van der Waals surface area contributed by atoms with E-state index < -0.39 is 29.9 Å². The van der Waals surface area contributed by atoms with Gasteiger partial charge in [0.15, 0.2) is 11.5 Å². The van der Waals surface area contributed by atoms with E-state index in [2.05, 4.69) is 10.6 Å². The lowest BCUT2D eigenvalue weighted by molar-refractivity contribution is -0.133. The van der Waals surface area contributed by atoms with Gasteiger partial charge in [0.2, 0.25) is 5.91 Å². The fraction of sp³-hybridized carbons (Fsp3) is 0.250. The van der Waals surface area contributed by atoms with Gasteiger partial charge in [0, 0.05) is 0 Å². The summed E-state index contributed by atoms with van der Waals surface area (Å²) in [5, 5.41) is 5.77. The number of halogens is 3. The highest BCUT2D eigenvalue weighted by molar-refractivity contribution is 6.44. The van der Waals surface area contributed by atoms with Crippen LogP contribution in [-0.2, 0) is 15.1 Å². The fourth-order valence-corrected chi connectivity index (χ4v) is 3.94. The zero-order chi connectivity index (χ0) is 22.3. The van der Waals surface area contributed by atoms with Crippen LogP contribution >= 0.6 is 34.8 Å². The van der Waals surface area contributed by atoms with Crippen molar-refractivity contribution in [3.05, 3.63) is 51.0 Å². The Labute approximate surface area is 192 Å². The molecule has 4 amide bonds. The maximum atomic E-state index is 13.1. The largest absolute Gasteiger partial charge is 0.486 e. The van der Waals surface area contributed by atoms with Crippen molar-refractivity contribution in [2.45, 2.75) is 12.5 Å². The maximum absolute atomic E-state index is 13.1. The molecule has 2 aromatic rings. The lowest BCUT2D eigenvalue weighted by Crippen LogP contribution is -2.42. The molecule has 8 nitrogen and oxygen atoms in total. The van der Waals surface area contributed by atoms with E-state index in [4.69, 9.17) is 44.3 Å². The Morgan fingerprint density at radius 2 is 1.74 bits per heavy atom. The second kappa shape index (κ2) is 8.11. The number of nitrogens with one attached hydrogen (secondary N) is 2. The van der Waals surface area contributed by atoms with Gasteiger partial charge in [0.1, 0.15) is 25.3 Å². The number of rotatable bonds is 4. The first-order valence-corrected chi connectivity index (χ1v) is 10.3. The second-order valence-corrected chi connectivity index (χ2v) is 8.32. The monoisotopic (exact) mass is 483 g/mol. The van der Waals surface area contributed by atoms with E-state index in [-0.39, 0.29) is 20.8 Å². The highest BCUT2D eigenvalue weighted by Gasteiger charge is 2.49. The van der Waals surface area contributed by atoms with Crippen molar-refractivity contribution in [1.82, 2.24) is 10.2 Å². The normalized spacial score (nSPS) is 19.9. The number of carbonyl (C=O) groups is 3. The van der Waals surface area contributed by atoms with E-state index in [0.29, 0.717) is 30.3 Å². The van der Waals surface area contributed by atoms with Crippen LogP contribution in [0.5, 0.6) is 11.5 Å². The van der Waals surface area contributed by atoms with Crippen molar-refractivity contribution < 1.29 is 23.9 Å². The van der Waals surface area contributed by atoms with Gasteiger partial charge in [0.05, 0.1) is 20.8 Å². The lowest BCUT2D eigenvalue weighted by Gasteiger charge is -2.25. The summed E-state index contributed by atoms with van der Waals surface area (Å²) in [6.07, 6.45) is 0. The Kier molecular flexibility index (Phi) is 5.63. The Hall–Kier alpha value is -2.68. The van der Waals surface area contributed by atoms with Gasteiger partial charge in [-0.3, -0.25) is 14.5 Å². The number of benzene rings is 2. The first kappa shape index (κ1) is 21.5. The molecule has 162 valence electrons. The molecule has 2 aliphatic rings. The number of carbonyl (C=O) groups excluding carboxylic acids is 3. The van der Waals surface area contributed by atoms with Crippen LogP contribution in [0.3, 0.4) is 0 Å². The van der Waals surface area contributed by atoms with Crippen molar-refractivity contribution in [3.63, 3.8) is 0 Å². The van der Waals surface area contributed by atoms with E-state index in [1.165, 1.54) is 12.1 Å². The number of amides is 4. The van der Waals surface area contributed by atoms with Gasteiger partial charge in [0.25, 0.3) is 5.91 Å². The number of hydrogen-bond donors (Lipinski definition) is 2. The van der Waals surface area contributed by atoms with Gasteiger partial charge in [-0.25, -0.2) is 4.79 Å². The summed E-state index contributed by atoms with van der Waals surface area (Å²) >= 11 is 17.9. The van der Waals surface area contributed by atoms with E-state index in [9.17, 15) is 14.4 Å². The third-order valence-electron chi connectivity index (χ3n) is 4.98. The predicted molar refractivity (Wildman–Crippen MR) is 115 cm³/mol. The summed E-state index contributed by atoms with van der Waals surface area (Å²) in [5.41, 5.74) is -0.651. The van der Waals surface area contributed by atoms with Crippen molar-refractivity contribution >= 4 is 58.3 Å². The van der Waals surface area contributed by atoms with E-state index in [0.717, 1.165) is 4.90 Å². The van der Waals surface area contributed by atoms with Crippen LogP contribution in [-0.4, -0.2) is 42.5 Å². The molecule has 2 heterocycles. The molecule has 1 saturated heterocycles. The minimum absolute atomic E-state index is 0.168. The molecule has 4 rings (SSSR count). The summed E-state index contributed by atoms with van der Waals surface area (Å²) in [6, 6.07) is 7.06. The van der Waals surface area contributed by atoms with Gasteiger partial charge in [-0.05, 0) is 36.8 Å². The standard InChI is InChI=1S/C20H16Cl3N3O5/c1-20(10-2-3-15-16(6-10)31-5-4-30-15)18(28)26(19(29)25-20)9-17(27)24-14-8-12(22)11(21)7-13(14)23/h2-3,6-8H,4-5,9H2,1H3,(H,24,27)(H,25,29). The number of imide groups is 1. The van der Waals surface area contributed by atoms with Crippen molar-refractivity contribution in [2.75, 3.05) is 25.1 Å². The smallest absolute Gasteiger partial charge is 0.325 e. The Morgan fingerprint density at radius 1 is 1.06 bits per heavy atom. The van der Waals surface area contributed by atoms with Crippen LogP contribution in [0.2, 0.25) is 15.1 Å². The van der Waals surface area contributed by atoms with Crippen LogP contribution in [0.4, 0.5) is 10.5 Å². The number of nitrogens with zero attached hydrogens (tertiary/aromatic N) is 1. The number of ether oxygens (including phenoxy) is 2. The van der Waals surface area contributed by atoms with Crippen LogP contribution < -0.4 is 20.1 Å². The highest BCUT2D eigenvalue weighted by Crippen LogP contribution is 2.37. The average Bonchev–Trinajstić information content (AvgIpc) is 2.95. The van der Waals surface area contributed by atoms with Gasteiger partial charge in [-0.1, -0.05) is 40.9 Å². The summed E-state index contributed by atoms with van der Waals surface area (Å²) in [4.78, 5) is 38.9. The second-order valence-electron chi connectivity index (χ2n) is 7.10. The quantitative estimate of drug-likeness (QED) is 0.508.